The van der Waals surface area contributed by atoms with Crippen LogP contribution in [0.4, 0.5) is 0 Å². The van der Waals surface area contributed by atoms with Gasteiger partial charge in [0.1, 0.15) is 5.75 Å². The van der Waals surface area contributed by atoms with Gasteiger partial charge in [0.15, 0.2) is 5.82 Å². The molecule has 1 aromatic heterocycles. The third-order valence-corrected chi connectivity index (χ3v) is 4.23. The van der Waals surface area contributed by atoms with E-state index < -0.39 is 0 Å². The zero-order valence-electron chi connectivity index (χ0n) is 12.2. The normalized spacial score (nSPS) is 11.2. The van der Waals surface area contributed by atoms with E-state index in [9.17, 15) is 5.11 Å². The van der Waals surface area contributed by atoms with Gasteiger partial charge in [-0.3, -0.25) is 0 Å². The van der Waals surface area contributed by atoms with E-state index in [0.29, 0.717) is 15.1 Å². The van der Waals surface area contributed by atoms with Gasteiger partial charge in [-0.2, -0.15) is 14.9 Å². The van der Waals surface area contributed by atoms with Crippen molar-refractivity contribution in [2.75, 3.05) is 0 Å². The summed E-state index contributed by atoms with van der Waals surface area (Å²) in [5.41, 5.74) is 2.88. The summed E-state index contributed by atoms with van der Waals surface area (Å²) >= 11 is 8.54. The summed E-state index contributed by atoms with van der Waals surface area (Å²) in [4.78, 5) is 0. The molecule has 0 aliphatic heterocycles. The second kappa shape index (κ2) is 6.47. The number of halogens is 1. The monoisotopic (exact) mass is 388 g/mol. The molecule has 3 rings (SSSR count). The van der Waals surface area contributed by atoms with Crippen molar-refractivity contribution in [3.63, 3.8) is 0 Å². The number of aromatic hydroxyl groups is 1. The van der Waals surface area contributed by atoms with Crippen LogP contribution in [0.3, 0.4) is 0 Å². The van der Waals surface area contributed by atoms with Gasteiger partial charge in [-0.05, 0) is 64.4 Å². The van der Waals surface area contributed by atoms with Crippen LogP contribution in [-0.2, 0) is 0 Å². The number of nitrogens with one attached hydrogen (secondary N) is 1. The first-order valence-corrected chi connectivity index (χ1v) is 8.02. The molecule has 1 heterocycles. The molecule has 7 heteroatoms. The van der Waals surface area contributed by atoms with Gasteiger partial charge in [0.25, 0.3) is 0 Å². The van der Waals surface area contributed by atoms with Gasteiger partial charge in [-0.25, -0.2) is 5.10 Å². The van der Waals surface area contributed by atoms with Crippen molar-refractivity contribution in [1.82, 2.24) is 14.9 Å². The highest BCUT2D eigenvalue weighted by molar-refractivity contribution is 9.10. The Labute approximate surface area is 146 Å². The van der Waals surface area contributed by atoms with Crippen LogP contribution in [0.5, 0.6) is 5.75 Å². The summed E-state index contributed by atoms with van der Waals surface area (Å²) in [5, 5.41) is 21.0. The van der Waals surface area contributed by atoms with Crippen LogP contribution in [0.2, 0.25) is 0 Å². The molecule has 0 saturated heterocycles. The maximum Gasteiger partial charge on any atom is 0.216 e. The number of hydrogen-bond acceptors (Lipinski definition) is 4. The summed E-state index contributed by atoms with van der Waals surface area (Å²) in [5.74, 6) is 0.838. The molecule has 0 atom stereocenters. The molecule has 0 aliphatic rings. The van der Waals surface area contributed by atoms with Crippen molar-refractivity contribution in [1.29, 1.82) is 0 Å². The molecule has 5 nitrogen and oxygen atoms in total. The van der Waals surface area contributed by atoms with Gasteiger partial charge >= 0.3 is 0 Å². The minimum atomic E-state index is 0.183. The first-order chi connectivity index (χ1) is 11.1. The van der Waals surface area contributed by atoms with Crippen molar-refractivity contribution in [2.24, 2.45) is 5.10 Å². The smallest absolute Gasteiger partial charge is 0.216 e. The molecule has 2 aromatic carbocycles. The van der Waals surface area contributed by atoms with Gasteiger partial charge in [0.05, 0.1) is 10.7 Å². The Balaban J connectivity index is 2.02. The molecule has 116 valence electrons. The summed E-state index contributed by atoms with van der Waals surface area (Å²) in [6, 6.07) is 13.0. The number of benzene rings is 2. The zero-order valence-corrected chi connectivity index (χ0v) is 14.6. The number of hydrogen-bond donors (Lipinski definition) is 2. The third kappa shape index (κ3) is 3.25. The van der Waals surface area contributed by atoms with Crippen molar-refractivity contribution < 1.29 is 5.11 Å². The maximum atomic E-state index is 9.54. The van der Waals surface area contributed by atoms with E-state index >= 15 is 0 Å². The fraction of sp³-hybridized carbons (Fsp3) is 0.0625. The molecule has 23 heavy (non-hydrogen) atoms. The highest BCUT2D eigenvalue weighted by atomic mass is 79.9. The van der Waals surface area contributed by atoms with Crippen LogP contribution in [0.1, 0.15) is 11.1 Å². The quantitative estimate of drug-likeness (QED) is 0.520. The summed E-state index contributed by atoms with van der Waals surface area (Å²) in [7, 11) is 0. The molecule has 0 aliphatic carbocycles. The van der Waals surface area contributed by atoms with E-state index in [1.54, 1.807) is 29.1 Å². The van der Waals surface area contributed by atoms with Crippen molar-refractivity contribution in [2.45, 2.75) is 6.92 Å². The number of aromatic nitrogens is 3. The highest BCUT2D eigenvalue weighted by Gasteiger charge is 2.10. The largest absolute Gasteiger partial charge is 0.507 e. The number of phenols is 1. The molecular weight excluding hydrogens is 376 g/mol. The number of H-pyrrole nitrogens is 1. The van der Waals surface area contributed by atoms with E-state index in [1.165, 1.54) is 0 Å². The van der Waals surface area contributed by atoms with Crippen LogP contribution in [0.15, 0.2) is 52.0 Å². The molecule has 0 spiro atoms. The summed E-state index contributed by atoms with van der Waals surface area (Å²) in [6.45, 7) is 2.01. The van der Waals surface area contributed by atoms with Gasteiger partial charge in [0.2, 0.25) is 4.77 Å². The second-order valence-corrected chi connectivity index (χ2v) is 6.18. The lowest BCUT2D eigenvalue weighted by molar-refractivity contribution is 0.472. The molecule has 0 unspecified atom stereocenters. The van der Waals surface area contributed by atoms with Crippen molar-refractivity contribution in [3.8, 4) is 17.1 Å². The van der Waals surface area contributed by atoms with Crippen LogP contribution in [0.25, 0.3) is 11.4 Å². The van der Waals surface area contributed by atoms with E-state index in [-0.39, 0.29) is 5.75 Å². The number of phenolic OH excluding ortho intramolecular Hbond substituents is 1. The predicted molar refractivity (Wildman–Crippen MR) is 96.4 cm³/mol. The predicted octanol–water partition coefficient (Wildman–Crippen LogP) is 4.27. The molecule has 2 N–H and O–H groups in total. The number of nitrogens with zero attached hydrogens (tertiary/aromatic N) is 3. The van der Waals surface area contributed by atoms with Crippen LogP contribution in [-0.4, -0.2) is 26.2 Å². The zero-order chi connectivity index (χ0) is 16.4. The lowest BCUT2D eigenvalue weighted by atomic mass is 10.1. The number of aromatic amines is 1. The Morgan fingerprint density at radius 3 is 2.83 bits per heavy atom. The average Bonchev–Trinajstić information content (AvgIpc) is 2.90. The van der Waals surface area contributed by atoms with E-state index in [0.717, 1.165) is 16.7 Å². The first kappa shape index (κ1) is 15.6. The summed E-state index contributed by atoms with van der Waals surface area (Å²) in [6.07, 6.45) is 1.66. The molecule has 0 fully saturated rings. The van der Waals surface area contributed by atoms with Gasteiger partial charge in [0, 0.05) is 5.56 Å². The number of rotatable bonds is 3. The van der Waals surface area contributed by atoms with Crippen molar-refractivity contribution >= 4 is 34.4 Å². The SMILES string of the molecule is Cc1ccccc1-c1n[nH]c(=S)n1N=Cc1ccc(O)c(Br)c1. The van der Waals surface area contributed by atoms with E-state index in [2.05, 4.69) is 31.2 Å². The Morgan fingerprint density at radius 2 is 2.09 bits per heavy atom. The standard InChI is InChI=1S/C16H13BrN4OS/c1-10-4-2-3-5-12(10)15-19-20-16(23)21(15)18-9-11-6-7-14(22)13(17)8-11/h2-9,22H,1H3,(H,20,23). The minimum Gasteiger partial charge on any atom is -0.507 e. The first-order valence-electron chi connectivity index (χ1n) is 6.82. The van der Waals surface area contributed by atoms with Gasteiger partial charge in [-0.1, -0.05) is 24.3 Å². The van der Waals surface area contributed by atoms with Crippen LogP contribution in [0, 0.1) is 11.7 Å². The second-order valence-electron chi connectivity index (χ2n) is 4.93. The molecule has 3 aromatic rings. The fourth-order valence-electron chi connectivity index (χ4n) is 2.12. The van der Waals surface area contributed by atoms with E-state index in [4.69, 9.17) is 12.2 Å². The molecule has 0 radical (unpaired) electrons. The van der Waals surface area contributed by atoms with Crippen molar-refractivity contribution in [3.05, 3.63) is 62.8 Å². The molecule has 0 saturated carbocycles. The Hall–Kier alpha value is -2.25. The Bertz CT molecular complexity index is 945. The van der Waals surface area contributed by atoms with E-state index in [1.807, 2.05) is 31.2 Å². The van der Waals surface area contributed by atoms with Gasteiger partial charge in [-0.15, -0.1) is 0 Å². The molecular formula is C16H13BrN4OS. The minimum absolute atomic E-state index is 0.183. The average molecular weight is 389 g/mol. The summed E-state index contributed by atoms with van der Waals surface area (Å²) < 4.78 is 2.60. The topological polar surface area (TPSA) is 66.2 Å². The maximum absolute atomic E-state index is 9.54. The van der Waals surface area contributed by atoms with Crippen LogP contribution >= 0.6 is 28.1 Å². The molecule has 0 bridgehead atoms. The third-order valence-electron chi connectivity index (χ3n) is 3.33. The highest BCUT2D eigenvalue weighted by Crippen LogP contribution is 2.24. The fourth-order valence-corrected chi connectivity index (χ4v) is 2.70. The Kier molecular flexibility index (Phi) is 4.40. The van der Waals surface area contributed by atoms with Crippen LogP contribution < -0.4 is 0 Å². The molecule has 0 amide bonds. The van der Waals surface area contributed by atoms with Gasteiger partial charge < -0.3 is 5.11 Å². The lowest BCUT2D eigenvalue weighted by Gasteiger charge is -2.04. The lowest BCUT2D eigenvalue weighted by Crippen LogP contribution is -1.96. The Morgan fingerprint density at radius 1 is 1.30 bits per heavy atom. The number of aryl methyl sites for hydroxylation is 1.